The molecule has 1 aliphatic carbocycles. The quantitative estimate of drug-likeness (QED) is 0.784. The van der Waals surface area contributed by atoms with E-state index in [9.17, 15) is 9.59 Å². The van der Waals surface area contributed by atoms with Crippen molar-refractivity contribution in [1.82, 2.24) is 15.5 Å². The lowest BCUT2D eigenvalue weighted by Crippen LogP contribution is -2.47. The lowest BCUT2D eigenvalue weighted by Gasteiger charge is -2.22. The maximum absolute atomic E-state index is 12.3. The Morgan fingerprint density at radius 3 is 2.86 bits per heavy atom. The molecule has 1 unspecified atom stereocenters. The first-order valence-corrected chi connectivity index (χ1v) is 8.03. The number of rotatable bonds is 7. The van der Waals surface area contributed by atoms with Crippen molar-refractivity contribution in [1.29, 1.82) is 0 Å². The first-order chi connectivity index (χ1) is 10.7. The van der Waals surface area contributed by atoms with Crippen LogP contribution in [-0.4, -0.2) is 42.4 Å². The average molecular weight is 305 g/mol. The highest BCUT2D eigenvalue weighted by Gasteiger charge is 2.32. The summed E-state index contributed by atoms with van der Waals surface area (Å²) in [6.07, 6.45) is 5.80. The summed E-state index contributed by atoms with van der Waals surface area (Å²) in [5, 5.41) is 5.84. The topological polar surface area (TPSA) is 74.6 Å². The molecule has 1 atom stereocenters. The van der Waals surface area contributed by atoms with Gasteiger partial charge in [0, 0.05) is 6.54 Å². The van der Waals surface area contributed by atoms with E-state index < -0.39 is 0 Å². The van der Waals surface area contributed by atoms with Crippen LogP contribution in [0.3, 0.4) is 0 Å². The predicted octanol–water partition coefficient (Wildman–Crippen LogP) is 0.886. The van der Waals surface area contributed by atoms with Gasteiger partial charge in [0.15, 0.2) is 0 Å². The van der Waals surface area contributed by atoms with Gasteiger partial charge in [0.1, 0.15) is 5.76 Å². The molecule has 2 amide bonds. The Kier molecular flexibility index (Phi) is 4.77. The number of amides is 2. The number of nitrogens with one attached hydrogen (secondary N) is 2. The van der Waals surface area contributed by atoms with Crippen LogP contribution in [0.4, 0.5) is 0 Å². The van der Waals surface area contributed by atoms with Crippen molar-refractivity contribution in [3.8, 4) is 0 Å². The van der Waals surface area contributed by atoms with Gasteiger partial charge in [0.25, 0.3) is 0 Å². The fourth-order valence-electron chi connectivity index (χ4n) is 2.84. The van der Waals surface area contributed by atoms with Gasteiger partial charge >= 0.3 is 0 Å². The minimum Gasteiger partial charge on any atom is -0.467 e. The molecule has 3 rings (SSSR count). The minimum atomic E-state index is -0.207. The Morgan fingerprint density at radius 2 is 2.14 bits per heavy atom. The number of likely N-dealkylation sites (tertiary alicyclic amines) is 1. The average Bonchev–Trinajstić information content (AvgIpc) is 2.99. The molecule has 0 aromatic carbocycles. The summed E-state index contributed by atoms with van der Waals surface area (Å²) in [6.45, 7) is 2.29. The van der Waals surface area contributed by atoms with E-state index in [4.69, 9.17) is 4.42 Å². The molecule has 6 heteroatoms. The van der Waals surface area contributed by atoms with E-state index in [1.165, 1.54) is 12.8 Å². The highest BCUT2D eigenvalue weighted by atomic mass is 16.3. The highest BCUT2D eigenvalue weighted by molar-refractivity contribution is 5.84. The number of nitrogens with zero attached hydrogens (tertiary/aromatic N) is 1. The Bertz CT molecular complexity index is 511. The zero-order valence-electron chi connectivity index (χ0n) is 12.7. The summed E-state index contributed by atoms with van der Waals surface area (Å²) in [5.74, 6) is 1.41. The predicted molar refractivity (Wildman–Crippen MR) is 80.9 cm³/mol. The molecule has 1 aromatic rings. The molecule has 1 saturated carbocycles. The van der Waals surface area contributed by atoms with Gasteiger partial charge in [-0.3, -0.25) is 14.5 Å². The number of furan rings is 1. The first-order valence-electron chi connectivity index (χ1n) is 8.03. The zero-order valence-corrected chi connectivity index (χ0v) is 12.7. The third-order valence-corrected chi connectivity index (χ3v) is 4.31. The van der Waals surface area contributed by atoms with Crippen LogP contribution in [0.15, 0.2) is 22.8 Å². The summed E-state index contributed by atoms with van der Waals surface area (Å²) in [4.78, 5) is 26.2. The maximum atomic E-state index is 12.3. The van der Waals surface area contributed by atoms with Gasteiger partial charge in [0.2, 0.25) is 11.8 Å². The van der Waals surface area contributed by atoms with Crippen LogP contribution in [0.2, 0.25) is 0 Å². The SMILES string of the molecule is O=C(CN1CCCC1C(=O)NCc1ccco1)NCC1CC1. The van der Waals surface area contributed by atoms with Crippen molar-refractivity contribution in [2.24, 2.45) is 5.92 Å². The van der Waals surface area contributed by atoms with E-state index in [-0.39, 0.29) is 17.9 Å². The van der Waals surface area contributed by atoms with E-state index in [1.807, 2.05) is 11.0 Å². The van der Waals surface area contributed by atoms with Gasteiger partial charge in [-0.15, -0.1) is 0 Å². The molecule has 0 bridgehead atoms. The fraction of sp³-hybridized carbons (Fsp3) is 0.625. The summed E-state index contributed by atoms with van der Waals surface area (Å²) < 4.78 is 5.21. The second-order valence-corrected chi connectivity index (χ2v) is 6.17. The third-order valence-electron chi connectivity index (χ3n) is 4.31. The van der Waals surface area contributed by atoms with Crippen LogP contribution in [0.25, 0.3) is 0 Å². The molecule has 1 aliphatic heterocycles. The van der Waals surface area contributed by atoms with E-state index in [1.54, 1.807) is 12.3 Å². The molecule has 2 aliphatic rings. The smallest absolute Gasteiger partial charge is 0.237 e. The van der Waals surface area contributed by atoms with E-state index in [0.717, 1.165) is 31.7 Å². The van der Waals surface area contributed by atoms with Crippen LogP contribution in [0, 0.1) is 5.92 Å². The number of hydrogen-bond acceptors (Lipinski definition) is 4. The zero-order chi connectivity index (χ0) is 15.4. The maximum Gasteiger partial charge on any atom is 0.237 e. The largest absolute Gasteiger partial charge is 0.467 e. The van der Waals surface area contributed by atoms with Gasteiger partial charge in [-0.1, -0.05) is 0 Å². The summed E-state index contributed by atoms with van der Waals surface area (Å²) in [6, 6.07) is 3.42. The summed E-state index contributed by atoms with van der Waals surface area (Å²) in [7, 11) is 0. The molecular weight excluding hydrogens is 282 g/mol. The van der Waals surface area contributed by atoms with Crippen LogP contribution in [0.1, 0.15) is 31.4 Å². The van der Waals surface area contributed by atoms with Crippen molar-refractivity contribution in [3.63, 3.8) is 0 Å². The van der Waals surface area contributed by atoms with Crippen LogP contribution in [0.5, 0.6) is 0 Å². The molecular formula is C16H23N3O3. The molecule has 1 aromatic heterocycles. The molecule has 2 fully saturated rings. The number of hydrogen-bond donors (Lipinski definition) is 2. The Morgan fingerprint density at radius 1 is 1.27 bits per heavy atom. The molecule has 2 heterocycles. The van der Waals surface area contributed by atoms with Gasteiger partial charge in [-0.2, -0.15) is 0 Å². The van der Waals surface area contributed by atoms with Crippen molar-refractivity contribution in [2.75, 3.05) is 19.6 Å². The van der Waals surface area contributed by atoms with Crippen molar-refractivity contribution in [3.05, 3.63) is 24.2 Å². The van der Waals surface area contributed by atoms with Gasteiger partial charge in [0.05, 0.1) is 25.4 Å². The second kappa shape index (κ2) is 6.96. The van der Waals surface area contributed by atoms with Crippen molar-refractivity contribution >= 4 is 11.8 Å². The second-order valence-electron chi connectivity index (χ2n) is 6.17. The molecule has 22 heavy (non-hydrogen) atoms. The molecule has 120 valence electrons. The Hall–Kier alpha value is -1.82. The molecule has 1 saturated heterocycles. The van der Waals surface area contributed by atoms with Crippen molar-refractivity contribution in [2.45, 2.75) is 38.3 Å². The highest BCUT2D eigenvalue weighted by Crippen LogP contribution is 2.27. The Labute approximate surface area is 130 Å². The number of carbonyl (C=O) groups excluding carboxylic acids is 2. The number of carbonyl (C=O) groups is 2. The molecule has 0 radical (unpaired) electrons. The van der Waals surface area contributed by atoms with Crippen LogP contribution < -0.4 is 10.6 Å². The van der Waals surface area contributed by atoms with E-state index >= 15 is 0 Å². The fourth-order valence-corrected chi connectivity index (χ4v) is 2.84. The van der Waals surface area contributed by atoms with E-state index in [0.29, 0.717) is 19.0 Å². The van der Waals surface area contributed by atoms with Gasteiger partial charge in [-0.25, -0.2) is 0 Å². The first kappa shape index (κ1) is 15.1. The third kappa shape index (κ3) is 4.10. The standard InChI is InChI=1S/C16H23N3O3/c20-15(17-9-12-5-6-12)11-19-7-1-4-14(19)16(21)18-10-13-3-2-8-22-13/h2-3,8,12,14H,1,4-7,9-11H2,(H,17,20)(H,18,21). The lowest BCUT2D eigenvalue weighted by molar-refractivity contribution is -0.127. The molecule has 6 nitrogen and oxygen atoms in total. The van der Waals surface area contributed by atoms with Gasteiger partial charge < -0.3 is 15.1 Å². The minimum absolute atomic E-state index is 0.0242. The van der Waals surface area contributed by atoms with Gasteiger partial charge in [-0.05, 0) is 50.3 Å². The Balaban J connectivity index is 1.44. The van der Waals surface area contributed by atoms with Crippen LogP contribution >= 0.6 is 0 Å². The van der Waals surface area contributed by atoms with E-state index in [2.05, 4.69) is 10.6 Å². The normalized spacial score (nSPS) is 21.7. The van der Waals surface area contributed by atoms with Crippen molar-refractivity contribution < 1.29 is 14.0 Å². The lowest BCUT2D eigenvalue weighted by atomic mass is 10.2. The summed E-state index contributed by atoms with van der Waals surface area (Å²) >= 11 is 0. The monoisotopic (exact) mass is 305 g/mol. The van der Waals surface area contributed by atoms with Crippen LogP contribution in [-0.2, 0) is 16.1 Å². The molecule has 0 spiro atoms. The summed E-state index contributed by atoms with van der Waals surface area (Å²) in [5.41, 5.74) is 0. The molecule has 2 N–H and O–H groups in total.